The minimum atomic E-state index is -0.518. The van der Waals surface area contributed by atoms with E-state index in [1.54, 1.807) is 16.7 Å². The van der Waals surface area contributed by atoms with E-state index in [4.69, 9.17) is 0 Å². The van der Waals surface area contributed by atoms with E-state index in [2.05, 4.69) is 24.4 Å². The van der Waals surface area contributed by atoms with Gasteiger partial charge in [-0.3, -0.25) is 9.59 Å². The Hall–Kier alpha value is -2.27. The molecule has 0 aromatic heterocycles. The number of hydrogen-bond acceptors (Lipinski definition) is 3. The van der Waals surface area contributed by atoms with Gasteiger partial charge in [0.15, 0.2) is 0 Å². The molecule has 0 bridgehead atoms. The number of thioether (sulfide) groups is 1. The molecule has 5 heteroatoms. The molecule has 0 saturated heterocycles. The number of rotatable bonds is 10. The topological polar surface area (TPSA) is 49.4 Å². The quantitative estimate of drug-likeness (QED) is 0.622. The number of carbonyl (C=O) groups is 2. The molecule has 0 aliphatic heterocycles. The first-order valence-corrected chi connectivity index (χ1v) is 11.3. The third kappa shape index (κ3) is 7.24. The van der Waals surface area contributed by atoms with Crippen LogP contribution >= 0.6 is 11.8 Å². The van der Waals surface area contributed by atoms with Crippen molar-refractivity contribution in [3.63, 3.8) is 0 Å². The Balaban J connectivity index is 2.05. The van der Waals surface area contributed by atoms with Crippen LogP contribution in [-0.2, 0) is 21.9 Å². The van der Waals surface area contributed by atoms with E-state index in [1.165, 1.54) is 11.1 Å². The van der Waals surface area contributed by atoms with Gasteiger partial charge in [0.2, 0.25) is 11.8 Å². The lowest BCUT2D eigenvalue weighted by molar-refractivity contribution is -0.138. The summed E-state index contributed by atoms with van der Waals surface area (Å²) in [4.78, 5) is 27.4. The van der Waals surface area contributed by atoms with Crippen molar-refractivity contribution in [2.24, 2.45) is 0 Å². The number of aryl methyl sites for hydroxylation is 1. The van der Waals surface area contributed by atoms with E-state index >= 15 is 0 Å². The summed E-state index contributed by atoms with van der Waals surface area (Å²) in [5, 5.41) is 3.00. The Morgan fingerprint density at radius 1 is 1.03 bits per heavy atom. The number of benzene rings is 2. The normalized spacial score (nSPS) is 12.8. The number of carbonyl (C=O) groups excluding carboxylic acids is 2. The van der Waals surface area contributed by atoms with Crippen molar-refractivity contribution >= 4 is 23.6 Å². The Morgan fingerprint density at radius 2 is 1.69 bits per heavy atom. The Morgan fingerprint density at radius 3 is 2.34 bits per heavy atom. The molecule has 0 aliphatic carbocycles. The molecule has 2 rings (SSSR count). The fraction of sp³-hybridized carbons (Fsp3) is 0.417. The standard InChI is InChI=1S/C24H32N2O2S/c1-5-19(3)25-24(28)20(4)26(15-21-12-7-6-8-13-21)23(27)17-29-16-22-14-10-9-11-18(22)2/h6-14,19-20H,5,15-17H2,1-4H3,(H,25,28)/t19-,20-/m0/s1. The van der Waals surface area contributed by atoms with Gasteiger partial charge in [0, 0.05) is 18.3 Å². The van der Waals surface area contributed by atoms with Crippen molar-refractivity contribution in [3.05, 3.63) is 71.3 Å². The summed E-state index contributed by atoms with van der Waals surface area (Å²) in [6.07, 6.45) is 0.859. The molecule has 4 nitrogen and oxygen atoms in total. The minimum Gasteiger partial charge on any atom is -0.352 e. The monoisotopic (exact) mass is 412 g/mol. The highest BCUT2D eigenvalue weighted by atomic mass is 32.2. The summed E-state index contributed by atoms with van der Waals surface area (Å²) < 4.78 is 0. The van der Waals surface area contributed by atoms with Crippen molar-refractivity contribution in [2.75, 3.05) is 5.75 Å². The Labute approximate surface area is 179 Å². The van der Waals surface area contributed by atoms with E-state index in [9.17, 15) is 9.59 Å². The van der Waals surface area contributed by atoms with Crippen LogP contribution in [0.5, 0.6) is 0 Å². The van der Waals surface area contributed by atoms with Crippen molar-refractivity contribution < 1.29 is 9.59 Å². The van der Waals surface area contributed by atoms with Crippen LogP contribution in [0.4, 0.5) is 0 Å². The first kappa shape index (κ1) is 23.0. The Kier molecular flexibility index (Phi) is 9.26. The largest absolute Gasteiger partial charge is 0.352 e. The molecule has 29 heavy (non-hydrogen) atoms. The highest BCUT2D eigenvalue weighted by molar-refractivity contribution is 7.99. The van der Waals surface area contributed by atoms with Gasteiger partial charge in [0.05, 0.1) is 5.75 Å². The molecule has 2 aromatic rings. The lowest BCUT2D eigenvalue weighted by Gasteiger charge is -2.29. The fourth-order valence-corrected chi connectivity index (χ4v) is 3.92. The average Bonchev–Trinajstić information content (AvgIpc) is 2.73. The van der Waals surface area contributed by atoms with Gasteiger partial charge in [-0.05, 0) is 43.9 Å². The highest BCUT2D eigenvalue weighted by Gasteiger charge is 2.26. The van der Waals surface area contributed by atoms with Gasteiger partial charge in [-0.25, -0.2) is 0 Å². The molecule has 2 atom stereocenters. The first-order chi connectivity index (χ1) is 13.9. The predicted molar refractivity (Wildman–Crippen MR) is 122 cm³/mol. The molecule has 2 amide bonds. The van der Waals surface area contributed by atoms with Crippen LogP contribution < -0.4 is 5.32 Å². The lowest BCUT2D eigenvalue weighted by Crippen LogP contribution is -2.50. The van der Waals surface area contributed by atoms with Gasteiger partial charge in [0.25, 0.3) is 0 Å². The molecule has 0 unspecified atom stereocenters. The highest BCUT2D eigenvalue weighted by Crippen LogP contribution is 2.18. The smallest absolute Gasteiger partial charge is 0.242 e. The van der Waals surface area contributed by atoms with E-state index < -0.39 is 6.04 Å². The zero-order chi connectivity index (χ0) is 21.2. The van der Waals surface area contributed by atoms with Crippen LogP contribution in [0.2, 0.25) is 0 Å². The van der Waals surface area contributed by atoms with E-state index in [1.807, 2.05) is 63.2 Å². The molecule has 0 heterocycles. The van der Waals surface area contributed by atoms with Gasteiger partial charge in [-0.15, -0.1) is 11.8 Å². The molecule has 0 radical (unpaired) electrons. The number of nitrogens with zero attached hydrogens (tertiary/aromatic N) is 1. The number of nitrogens with one attached hydrogen (secondary N) is 1. The molecule has 0 aliphatic rings. The van der Waals surface area contributed by atoms with Gasteiger partial charge in [0.1, 0.15) is 6.04 Å². The third-order valence-corrected chi connectivity index (χ3v) is 6.07. The summed E-state index contributed by atoms with van der Waals surface area (Å²) in [6.45, 7) is 8.34. The van der Waals surface area contributed by atoms with Gasteiger partial charge < -0.3 is 10.2 Å². The van der Waals surface area contributed by atoms with Crippen LogP contribution in [0.3, 0.4) is 0 Å². The summed E-state index contributed by atoms with van der Waals surface area (Å²) in [5.41, 5.74) is 3.49. The van der Waals surface area contributed by atoms with Crippen molar-refractivity contribution in [3.8, 4) is 0 Å². The summed E-state index contributed by atoms with van der Waals surface area (Å²) in [6, 6.07) is 17.6. The Bertz CT molecular complexity index is 794. The molecule has 2 aromatic carbocycles. The van der Waals surface area contributed by atoms with Crippen LogP contribution in [0.1, 0.15) is 43.9 Å². The molecular weight excluding hydrogens is 380 g/mol. The van der Waals surface area contributed by atoms with Crippen molar-refractivity contribution in [1.29, 1.82) is 0 Å². The first-order valence-electron chi connectivity index (χ1n) is 10.2. The summed E-state index contributed by atoms with van der Waals surface area (Å²) in [5.74, 6) is 1.01. The van der Waals surface area contributed by atoms with Crippen molar-refractivity contribution in [1.82, 2.24) is 10.2 Å². The lowest BCUT2D eigenvalue weighted by atomic mass is 10.1. The SMILES string of the molecule is CC[C@H](C)NC(=O)[C@H](C)N(Cc1ccccc1)C(=O)CSCc1ccccc1C. The molecule has 0 saturated carbocycles. The summed E-state index contributed by atoms with van der Waals surface area (Å²) >= 11 is 1.59. The van der Waals surface area contributed by atoms with Crippen LogP contribution in [0.25, 0.3) is 0 Å². The molecule has 156 valence electrons. The minimum absolute atomic E-state index is 0.0146. The molecule has 1 N–H and O–H groups in total. The van der Waals surface area contributed by atoms with Crippen LogP contribution in [0, 0.1) is 6.92 Å². The average molecular weight is 413 g/mol. The summed E-state index contributed by atoms with van der Waals surface area (Å²) in [7, 11) is 0. The van der Waals surface area contributed by atoms with Gasteiger partial charge in [-0.1, -0.05) is 61.5 Å². The van der Waals surface area contributed by atoms with Gasteiger partial charge >= 0.3 is 0 Å². The van der Waals surface area contributed by atoms with Crippen LogP contribution in [-0.4, -0.2) is 34.6 Å². The van der Waals surface area contributed by atoms with E-state index in [-0.39, 0.29) is 17.9 Å². The van der Waals surface area contributed by atoms with E-state index in [0.717, 1.165) is 17.7 Å². The second-order valence-electron chi connectivity index (χ2n) is 7.42. The van der Waals surface area contributed by atoms with E-state index in [0.29, 0.717) is 12.3 Å². The maximum atomic E-state index is 13.0. The zero-order valence-corrected chi connectivity index (χ0v) is 18.7. The molecule has 0 spiro atoms. The second-order valence-corrected chi connectivity index (χ2v) is 8.41. The zero-order valence-electron chi connectivity index (χ0n) is 17.9. The predicted octanol–water partition coefficient (Wildman–Crippen LogP) is 4.56. The van der Waals surface area contributed by atoms with Gasteiger partial charge in [-0.2, -0.15) is 0 Å². The molecule has 0 fully saturated rings. The fourth-order valence-electron chi connectivity index (χ4n) is 2.93. The van der Waals surface area contributed by atoms with Crippen molar-refractivity contribution in [2.45, 2.75) is 58.5 Å². The third-order valence-electron chi connectivity index (χ3n) is 5.11. The maximum absolute atomic E-state index is 13.0. The number of hydrogen-bond donors (Lipinski definition) is 1. The maximum Gasteiger partial charge on any atom is 0.242 e. The van der Waals surface area contributed by atoms with Crippen LogP contribution in [0.15, 0.2) is 54.6 Å². The number of amides is 2. The second kappa shape index (κ2) is 11.7. The molecular formula is C24H32N2O2S.